The monoisotopic (exact) mass is 289 g/mol. The maximum absolute atomic E-state index is 12.9. The van der Waals surface area contributed by atoms with E-state index in [0.717, 1.165) is 0 Å². The van der Waals surface area contributed by atoms with Gasteiger partial charge in [0.25, 0.3) is 0 Å². The van der Waals surface area contributed by atoms with Crippen molar-refractivity contribution in [2.24, 2.45) is 0 Å². The molecule has 0 bridgehead atoms. The third-order valence-electron chi connectivity index (χ3n) is 2.03. The molecule has 0 spiro atoms. The van der Waals surface area contributed by atoms with Crippen LogP contribution in [-0.2, 0) is 4.74 Å². The lowest BCUT2D eigenvalue weighted by Crippen LogP contribution is -2.09. The van der Waals surface area contributed by atoms with Crippen LogP contribution in [0.5, 0.6) is 0 Å². The molecule has 0 fully saturated rings. The predicted molar refractivity (Wildman–Crippen MR) is 63.0 cm³/mol. The summed E-state index contributed by atoms with van der Waals surface area (Å²) >= 11 is 3.04. The van der Waals surface area contributed by atoms with Crippen molar-refractivity contribution >= 4 is 21.8 Å². The summed E-state index contributed by atoms with van der Waals surface area (Å²) in [5.74, 6) is -0.355. The van der Waals surface area contributed by atoms with Crippen LogP contribution in [0, 0.1) is 11.2 Å². The minimum Gasteiger partial charge on any atom is -0.481 e. The average Bonchev–Trinajstić information content (AvgIpc) is 2.22. The zero-order valence-corrected chi connectivity index (χ0v) is 10.4. The molecule has 0 saturated heterocycles. The predicted octanol–water partition coefficient (Wildman–Crippen LogP) is 3.03. The van der Waals surface area contributed by atoms with E-state index in [9.17, 15) is 9.50 Å². The molecule has 1 unspecified atom stereocenters. The van der Waals surface area contributed by atoms with Crippen LogP contribution in [0.25, 0.3) is 0 Å². The van der Waals surface area contributed by atoms with Crippen LogP contribution in [0.3, 0.4) is 0 Å². The molecule has 0 heterocycles. The van der Waals surface area contributed by atoms with Gasteiger partial charge in [0.2, 0.25) is 0 Å². The van der Waals surface area contributed by atoms with Crippen LogP contribution < -0.4 is 0 Å². The third kappa shape index (κ3) is 3.57. The van der Waals surface area contributed by atoms with E-state index in [2.05, 4.69) is 15.9 Å². The van der Waals surface area contributed by atoms with E-state index in [0.29, 0.717) is 16.6 Å². The summed E-state index contributed by atoms with van der Waals surface area (Å²) in [5, 5.41) is 17.2. The molecule has 88 valence electrons. The Kier molecular flexibility index (Phi) is 4.89. The molecule has 2 N–H and O–H groups in total. The Morgan fingerprint density at radius 1 is 1.62 bits per heavy atom. The molecule has 0 aliphatic heterocycles. The van der Waals surface area contributed by atoms with Gasteiger partial charge in [0, 0.05) is 0 Å². The smallest absolute Gasteiger partial charge is 0.183 e. The number of hydrogen-bond acceptors (Lipinski definition) is 3. The Morgan fingerprint density at radius 3 is 2.88 bits per heavy atom. The summed E-state index contributed by atoms with van der Waals surface area (Å²) < 4.78 is 18.2. The number of halogens is 2. The Hall–Kier alpha value is -0.940. The van der Waals surface area contributed by atoms with E-state index in [1.807, 2.05) is 0 Å². The van der Waals surface area contributed by atoms with Gasteiger partial charge in [0.15, 0.2) is 5.90 Å². The summed E-state index contributed by atoms with van der Waals surface area (Å²) in [6, 6.07) is 4.26. The highest BCUT2D eigenvalue weighted by atomic mass is 79.9. The minimum atomic E-state index is -0.851. The maximum Gasteiger partial charge on any atom is 0.183 e. The van der Waals surface area contributed by atoms with Gasteiger partial charge < -0.3 is 9.84 Å². The Labute approximate surface area is 102 Å². The second-order valence-corrected chi connectivity index (χ2v) is 4.10. The van der Waals surface area contributed by atoms with Gasteiger partial charge in [0.05, 0.1) is 23.6 Å². The quantitative estimate of drug-likeness (QED) is 0.661. The Bertz CT molecular complexity index is 384. The van der Waals surface area contributed by atoms with E-state index in [1.165, 1.54) is 18.2 Å². The SMILES string of the molecule is CCOC(=N)CC(O)c1ccc(F)c(Br)c1. The van der Waals surface area contributed by atoms with Gasteiger partial charge in [0.1, 0.15) is 5.82 Å². The first kappa shape index (κ1) is 13.1. The number of nitrogens with one attached hydrogen (secondary N) is 1. The molecule has 1 atom stereocenters. The Balaban J connectivity index is 2.69. The van der Waals surface area contributed by atoms with E-state index in [4.69, 9.17) is 10.1 Å². The summed E-state index contributed by atoms with van der Waals surface area (Å²) in [7, 11) is 0. The molecule has 0 radical (unpaired) electrons. The number of aliphatic hydroxyl groups excluding tert-OH is 1. The van der Waals surface area contributed by atoms with Gasteiger partial charge >= 0.3 is 0 Å². The average molecular weight is 290 g/mol. The number of ether oxygens (including phenoxy) is 1. The van der Waals surface area contributed by atoms with Crippen LogP contribution in [0.1, 0.15) is 25.0 Å². The first-order valence-electron chi connectivity index (χ1n) is 4.87. The second-order valence-electron chi connectivity index (χ2n) is 3.25. The standard InChI is InChI=1S/C11H13BrFNO2/c1-2-16-11(14)6-10(15)7-3-4-9(13)8(12)5-7/h3-5,10,14-15H,2,6H2,1H3. The molecule has 0 amide bonds. The molecule has 0 aliphatic carbocycles. The highest BCUT2D eigenvalue weighted by molar-refractivity contribution is 9.10. The minimum absolute atomic E-state index is 0.0236. The number of hydrogen-bond donors (Lipinski definition) is 2. The largest absolute Gasteiger partial charge is 0.481 e. The molecular weight excluding hydrogens is 277 g/mol. The highest BCUT2D eigenvalue weighted by Crippen LogP contribution is 2.23. The van der Waals surface area contributed by atoms with Gasteiger partial charge in [-0.15, -0.1) is 0 Å². The topological polar surface area (TPSA) is 53.3 Å². The molecule has 0 saturated carbocycles. The van der Waals surface area contributed by atoms with Gasteiger partial charge in [-0.3, -0.25) is 5.41 Å². The van der Waals surface area contributed by atoms with Crippen molar-refractivity contribution in [3.05, 3.63) is 34.1 Å². The van der Waals surface area contributed by atoms with E-state index >= 15 is 0 Å². The summed E-state index contributed by atoms with van der Waals surface area (Å²) in [4.78, 5) is 0. The number of aliphatic hydroxyl groups is 1. The summed E-state index contributed by atoms with van der Waals surface area (Å²) in [5.41, 5.74) is 0.553. The van der Waals surface area contributed by atoms with Crippen molar-refractivity contribution in [3.8, 4) is 0 Å². The summed E-state index contributed by atoms with van der Waals surface area (Å²) in [6.45, 7) is 2.17. The van der Waals surface area contributed by atoms with Gasteiger partial charge in [-0.2, -0.15) is 0 Å². The molecule has 5 heteroatoms. The van der Waals surface area contributed by atoms with Crippen LogP contribution >= 0.6 is 15.9 Å². The molecule has 1 aromatic rings. The molecule has 1 aromatic carbocycles. The lowest BCUT2D eigenvalue weighted by atomic mass is 10.1. The van der Waals surface area contributed by atoms with E-state index in [-0.39, 0.29) is 18.1 Å². The number of rotatable bonds is 4. The molecule has 16 heavy (non-hydrogen) atoms. The van der Waals surface area contributed by atoms with Crippen molar-refractivity contribution in [3.63, 3.8) is 0 Å². The zero-order valence-electron chi connectivity index (χ0n) is 8.84. The van der Waals surface area contributed by atoms with Crippen molar-refractivity contribution in [2.75, 3.05) is 6.61 Å². The Morgan fingerprint density at radius 2 is 2.31 bits per heavy atom. The molecule has 0 aromatic heterocycles. The molecule has 1 rings (SSSR count). The maximum atomic E-state index is 12.9. The lowest BCUT2D eigenvalue weighted by Gasteiger charge is -2.12. The van der Waals surface area contributed by atoms with Crippen molar-refractivity contribution < 1.29 is 14.2 Å². The van der Waals surface area contributed by atoms with Crippen LogP contribution in [0.4, 0.5) is 4.39 Å². The van der Waals surface area contributed by atoms with E-state index < -0.39 is 6.10 Å². The lowest BCUT2D eigenvalue weighted by molar-refractivity contribution is 0.173. The molecular formula is C11H13BrFNO2. The van der Waals surface area contributed by atoms with Crippen molar-refractivity contribution in [2.45, 2.75) is 19.4 Å². The normalized spacial score (nSPS) is 12.2. The van der Waals surface area contributed by atoms with Gasteiger partial charge in [-0.05, 0) is 40.5 Å². The second kappa shape index (κ2) is 5.96. The van der Waals surface area contributed by atoms with Crippen molar-refractivity contribution in [1.82, 2.24) is 0 Å². The van der Waals surface area contributed by atoms with E-state index in [1.54, 1.807) is 6.92 Å². The van der Waals surface area contributed by atoms with Crippen LogP contribution in [0.2, 0.25) is 0 Å². The first-order valence-corrected chi connectivity index (χ1v) is 5.67. The fourth-order valence-electron chi connectivity index (χ4n) is 1.25. The fourth-order valence-corrected chi connectivity index (χ4v) is 1.64. The highest BCUT2D eigenvalue weighted by Gasteiger charge is 2.12. The van der Waals surface area contributed by atoms with Gasteiger partial charge in [-0.25, -0.2) is 4.39 Å². The van der Waals surface area contributed by atoms with Crippen LogP contribution in [-0.4, -0.2) is 17.6 Å². The first-order chi connectivity index (χ1) is 7.54. The van der Waals surface area contributed by atoms with Crippen LogP contribution in [0.15, 0.2) is 22.7 Å². The molecule has 3 nitrogen and oxygen atoms in total. The number of benzene rings is 1. The molecule has 0 aliphatic rings. The fraction of sp³-hybridized carbons (Fsp3) is 0.364. The zero-order chi connectivity index (χ0) is 12.1. The third-order valence-corrected chi connectivity index (χ3v) is 2.63. The van der Waals surface area contributed by atoms with Gasteiger partial charge in [-0.1, -0.05) is 6.07 Å². The van der Waals surface area contributed by atoms with Crippen molar-refractivity contribution in [1.29, 1.82) is 5.41 Å². The summed E-state index contributed by atoms with van der Waals surface area (Å²) in [6.07, 6.45) is -0.762.